The minimum absolute atomic E-state index is 0.0110. The molecule has 9 heteroatoms. The lowest BCUT2D eigenvalue weighted by atomic mass is 10.0. The van der Waals surface area contributed by atoms with Crippen molar-refractivity contribution in [1.29, 1.82) is 0 Å². The molecule has 5 rings (SSSR count). The van der Waals surface area contributed by atoms with Gasteiger partial charge in [-0.2, -0.15) is 4.31 Å². The van der Waals surface area contributed by atoms with Crippen LogP contribution >= 0.6 is 0 Å². The van der Waals surface area contributed by atoms with Crippen LogP contribution < -0.4 is 5.32 Å². The van der Waals surface area contributed by atoms with E-state index in [1.54, 1.807) is 34.6 Å². The molecule has 8 nitrogen and oxygen atoms in total. The molecule has 1 unspecified atom stereocenters. The number of anilines is 1. The zero-order valence-electron chi connectivity index (χ0n) is 22.3. The Balaban J connectivity index is 1.47. The first-order valence-corrected chi connectivity index (χ1v) is 14.7. The van der Waals surface area contributed by atoms with Gasteiger partial charge in [-0.05, 0) is 77.9 Å². The topological polar surface area (TPSA) is 112 Å². The first-order valence-electron chi connectivity index (χ1n) is 13.3. The van der Waals surface area contributed by atoms with E-state index in [-0.39, 0.29) is 17.5 Å². The molecule has 0 spiro atoms. The Hall–Kier alpha value is -3.92. The van der Waals surface area contributed by atoms with Crippen LogP contribution in [0.2, 0.25) is 0 Å². The van der Waals surface area contributed by atoms with E-state index in [2.05, 4.69) is 15.0 Å². The summed E-state index contributed by atoms with van der Waals surface area (Å²) >= 11 is 0. The number of methoxy groups -OCH3 is 1. The predicted molar refractivity (Wildman–Crippen MR) is 156 cm³/mol. The second kappa shape index (κ2) is 12.1. The van der Waals surface area contributed by atoms with Crippen molar-refractivity contribution in [3.05, 3.63) is 101 Å². The van der Waals surface area contributed by atoms with E-state index in [1.165, 1.54) is 13.2 Å². The SMILES string of the molecule is COC(=O)C=Cc1ccc2c(c1)CCC2N(CCc1c[nH]c2ccccc12)S(=O)(=O)c1ccc(NCCO)cc1. The normalized spacial score (nSPS) is 15.1. The van der Waals surface area contributed by atoms with Crippen molar-refractivity contribution < 1.29 is 23.1 Å². The molecule has 0 fully saturated rings. The van der Waals surface area contributed by atoms with Gasteiger partial charge in [-0.3, -0.25) is 0 Å². The molecule has 0 radical (unpaired) electrons. The highest BCUT2D eigenvalue weighted by Crippen LogP contribution is 2.39. The van der Waals surface area contributed by atoms with Crippen molar-refractivity contribution in [3.8, 4) is 0 Å². The lowest BCUT2D eigenvalue weighted by molar-refractivity contribution is -0.134. The van der Waals surface area contributed by atoms with Gasteiger partial charge in [-0.25, -0.2) is 13.2 Å². The molecule has 1 atom stereocenters. The highest BCUT2D eigenvalue weighted by atomic mass is 32.2. The summed E-state index contributed by atoms with van der Waals surface area (Å²) in [6, 6.07) is 20.3. The van der Waals surface area contributed by atoms with E-state index in [4.69, 9.17) is 5.11 Å². The fourth-order valence-electron chi connectivity index (χ4n) is 5.34. The number of aryl methyl sites for hydroxylation is 1. The van der Waals surface area contributed by atoms with Crippen LogP contribution in [0.4, 0.5) is 5.69 Å². The molecule has 0 bridgehead atoms. The fourth-order valence-corrected chi connectivity index (χ4v) is 6.98. The van der Waals surface area contributed by atoms with E-state index in [9.17, 15) is 13.2 Å². The van der Waals surface area contributed by atoms with Crippen LogP contribution in [-0.2, 0) is 32.4 Å². The summed E-state index contributed by atoms with van der Waals surface area (Å²) in [5.41, 5.74) is 5.77. The molecule has 0 amide bonds. The molecule has 1 aromatic heterocycles. The molecule has 1 heterocycles. The third kappa shape index (κ3) is 5.82. The number of sulfonamides is 1. The maximum atomic E-state index is 14.2. The van der Waals surface area contributed by atoms with Gasteiger partial charge in [-0.1, -0.05) is 36.4 Å². The van der Waals surface area contributed by atoms with Crippen LogP contribution in [0.5, 0.6) is 0 Å². The number of H-pyrrole nitrogens is 1. The highest BCUT2D eigenvalue weighted by molar-refractivity contribution is 7.89. The van der Waals surface area contributed by atoms with Gasteiger partial charge in [0, 0.05) is 42.0 Å². The number of rotatable bonds is 11. The lowest BCUT2D eigenvalue weighted by Gasteiger charge is -2.29. The molecule has 0 aliphatic heterocycles. The summed E-state index contributed by atoms with van der Waals surface area (Å²) in [7, 11) is -2.50. The monoisotopic (exact) mass is 559 g/mol. The Kier molecular flexibility index (Phi) is 8.35. The number of aliphatic hydroxyl groups is 1. The first kappa shape index (κ1) is 27.6. The van der Waals surface area contributed by atoms with Crippen molar-refractivity contribution in [2.24, 2.45) is 0 Å². The maximum absolute atomic E-state index is 14.2. The smallest absolute Gasteiger partial charge is 0.330 e. The second-order valence-electron chi connectivity index (χ2n) is 9.77. The van der Waals surface area contributed by atoms with Gasteiger partial charge in [0.2, 0.25) is 10.0 Å². The van der Waals surface area contributed by atoms with E-state index in [0.717, 1.165) is 45.3 Å². The zero-order valence-corrected chi connectivity index (χ0v) is 23.2. The average molecular weight is 560 g/mol. The number of nitrogens with zero attached hydrogens (tertiary/aromatic N) is 1. The van der Waals surface area contributed by atoms with Crippen LogP contribution in [-0.4, -0.2) is 55.6 Å². The molecule has 1 aliphatic rings. The molecule has 0 saturated heterocycles. The summed E-state index contributed by atoms with van der Waals surface area (Å²) in [4.78, 5) is 15.0. The van der Waals surface area contributed by atoms with Crippen molar-refractivity contribution in [1.82, 2.24) is 9.29 Å². The lowest BCUT2D eigenvalue weighted by Crippen LogP contribution is -2.35. The Bertz CT molecular complexity index is 1630. The average Bonchev–Trinajstić information content (AvgIpc) is 3.59. The predicted octanol–water partition coefficient (Wildman–Crippen LogP) is 4.68. The van der Waals surface area contributed by atoms with Gasteiger partial charge in [-0.15, -0.1) is 0 Å². The standard InChI is InChI=1S/C31H33N3O5S/c1-39-31(36)15-7-22-6-13-28-23(20-22)8-14-30(28)34(18-16-24-21-33-29-5-3-2-4-27(24)29)40(37,38)26-11-9-25(10-12-26)32-17-19-35/h2-7,9-13,15,20-21,30,32-33,35H,8,14,16-19H2,1H3. The number of aromatic nitrogens is 1. The van der Waals surface area contributed by atoms with Crippen LogP contribution in [0, 0.1) is 0 Å². The summed E-state index contributed by atoms with van der Waals surface area (Å²) < 4.78 is 34.6. The van der Waals surface area contributed by atoms with Gasteiger partial charge in [0.25, 0.3) is 0 Å². The van der Waals surface area contributed by atoms with Crippen LogP contribution in [0.3, 0.4) is 0 Å². The summed E-state index contributed by atoms with van der Waals surface area (Å²) in [6.45, 7) is 0.699. The van der Waals surface area contributed by atoms with Crippen molar-refractivity contribution in [3.63, 3.8) is 0 Å². The molecule has 3 aromatic carbocycles. The molecule has 40 heavy (non-hydrogen) atoms. The van der Waals surface area contributed by atoms with E-state index in [0.29, 0.717) is 25.9 Å². The molecule has 208 valence electrons. The van der Waals surface area contributed by atoms with Crippen molar-refractivity contribution in [2.45, 2.75) is 30.2 Å². The number of aliphatic hydroxyl groups excluding tert-OH is 1. The Morgan fingerprint density at radius 2 is 1.95 bits per heavy atom. The number of carbonyl (C=O) groups is 1. The Labute approximate surface area is 234 Å². The second-order valence-corrected chi connectivity index (χ2v) is 11.7. The quantitative estimate of drug-likeness (QED) is 0.182. The number of carbonyl (C=O) groups excluding carboxylic acids is 1. The molecule has 4 aromatic rings. The van der Waals surface area contributed by atoms with Gasteiger partial charge < -0.3 is 20.1 Å². The summed E-state index contributed by atoms with van der Waals surface area (Å²) in [6.07, 6.45) is 7.01. The van der Waals surface area contributed by atoms with E-state index >= 15 is 0 Å². The van der Waals surface area contributed by atoms with Crippen LogP contribution in [0.25, 0.3) is 17.0 Å². The van der Waals surface area contributed by atoms with Crippen molar-refractivity contribution >= 4 is 38.7 Å². The van der Waals surface area contributed by atoms with E-state index < -0.39 is 16.0 Å². The third-order valence-electron chi connectivity index (χ3n) is 7.35. The van der Waals surface area contributed by atoms with E-state index in [1.807, 2.05) is 48.7 Å². The molecule has 1 aliphatic carbocycles. The number of aromatic amines is 1. The summed E-state index contributed by atoms with van der Waals surface area (Å²) in [5.74, 6) is -0.425. The molecular weight excluding hydrogens is 526 g/mol. The van der Waals surface area contributed by atoms with Gasteiger partial charge in [0.05, 0.1) is 24.7 Å². The number of benzene rings is 3. The molecule has 3 N–H and O–H groups in total. The maximum Gasteiger partial charge on any atom is 0.330 e. The number of nitrogens with one attached hydrogen (secondary N) is 2. The van der Waals surface area contributed by atoms with Crippen LogP contribution in [0.15, 0.2) is 83.9 Å². The largest absolute Gasteiger partial charge is 0.466 e. The van der Waals surface area contributed by atoms with Gasteiger partial charge >= 0.3 is 5.97 Å². The minimum Gasteiger partial charge on any atom is -0.466 e. The number of fused-ring (bicyclic) bond motifs is 2. The number of hydrogen-bond acceptors (Lipinski definition) is 6. The molecule has 0 saturated carbocycles. The Morgan fingerprint density at radius 1 is 1.15 bits per heavy atom. The minimum atomic E-state index is -3.84. The highest BCUT2D eigenvalue weighted by Gasteiger charge is 2.36. The fraction of sp³-hybridized carbons (Fsp3) is 0.258. The number of hydrogen-bond donors (Lipinski definition) is 3. The third-order valence-corrected chi connectivity index (χ3v) is 9.27. The first-order chi connectivity index (χ1) is 19.4. The van der Waals surface area contributed by atoms with Crippen molar-refractivity contribution in [2.75, 3.05) is 32.1 Å². The summed E-state index contributed by atoms with van der Waals surface area (Å²) in [5, 5.41) is 13.2. The Morgan fingerprint density at radius 3 is 2.73 bits per heavy atom. The number of esters is 1. The zero-order chi connectivity index (χ0) is 28.1. The van der Waals surface area contributed by atoms with Gasteiger partial charge in [0.1, 0.15) is 0 Å². The molecular formula is C31H33N3O5S. The van der Waals surface area contributed by atoms with Crippen LogP contribution in [0.1, 0.15) is 34.7 Å². The number of para-hydroxylation sites is 1. The van der Waals surface area contributed by atoms with Gasteiger partial charge in [0.15, 0.2) is 0 Å². The number of ether oxygens (including phenoxy) is 1.